The lowest BCUT2D eigenvalue weighted by molar-refractivity contribution is -0.153. The highest BCUT2D eigenvalue weighted by atomic mass is 28.3. The molecular formula is C28H44F4OSi. The number of ether oxygens (including phenoxy) is 1. The average molecular weight is 501 g/mol. The highest BCUT2D eigenvalue weighted by Gasteiger charge is 2.31. The summed E-state index contributed by atoms with van der Waals surface area (Å²) in [4.78, 5) is 0. The van der Waals surface area contributed by atoms with E-state index in [4.69, 9.17) is 0 Å². The van der Waals surface area contributed by atoms with Gasteiger partial charge in [-0.25, -0.2) is 4.39 Å². The first kappa shape index (κ1) is 27.5. The van der Waals surface area contributed by atoms with Gasteiger partial charge >= 0.3 is 6.18 Å². The first-order valence-corrected chi connectivity index (χ1v) is 16.3. The van der Waals surface area contributed by atoms with Gasteiger partial charge < -0.3 is 4.74 Å². The number of hydrogen-bond acceptors (Lipinski definition) is 1. The van der Waals surface area contributed by atoms with Crippen LogP contribution in [0.15, 0.2) is 18.2 Å². The lowest BCUT2D eigenvalue weighted by Crippen LogP contribution is -2.28. The van der Waals surface area contributed by atoms with Gasteiger partial charge in [-0.15, -0.1) is 0 Å². The fourth-order valence-electron chi connectivity index (χ4n) is 6.32. The summed E-state index contributed by atoms with van der Waals surface area (Å²) in [5.41, 5.74) is 0.828. The Hall–Kier alpha value is -1.04. The van der Waals surface area contributed by atoms with E-state index in [2.05, 4.69) is 11.7 Å². The predicted octanol–water partition coefficient (Wildman–Crippen LogP) is 9.11. The number of unbranched alkanes of at least 4 members (excludes halogenated alkanes) is 3. The Labute approximate surface area is 205 Å². The second-order valence-electron chi connectivity index (χ2n) is 11.0. The Kier molecular flexibility index (Phi) is 11.3. The van der Waals surface area contributed by atoms with Gasteiger partial charge in [0.25, 0.3) is 0 Å². The molecule has 0 atom stereocenters. The van der Waals surface area contributed by atoms with E-state index in [-0.39, 0.29) is 5.75 Å². The van der Waals surface area contributed by atoms with E-state index in [9.17, 15) is 17.6 Å². The van der Waals surface area contributed by atoms with Crippen molar-refractivity contribution in [1.82, 2.24) is 0 Å². The molecule has 1 saturated carbocycles. The number of benzene rings is 1. The molecule has 3 rings (SSSR count). The molecule has 0 radical (unpaired) electrons. The summed E-state index contributed by atoms with van der Waals surface area (Å²) in [6, 6.07) is 9.11. The van der Waals surface area contributed by atoms with E-state index >= 15 is 0 Å². The Morgan fingerprint density at radius 1 is 0.912 bits per heavy atom. The van der Waals surface area contributed by atoms with E-state index in [1.807, 2.05) is 0 Å². The van der Waals surface area contributed by atoms with Crippen molar-refractivity contribution in [3.05, 3.63) is 29.6 Å². The van der Waals surface area contributed by atoms with Crippen LogP contribution in [0.4, 0.5) is 17.6 Å². The molecule has 194 valence electrons. The van der Waals surface area contributed by atoms with Gasteiger partial charge in [0.1, 0.15) is 0 Å². The van der Waals surface area contributed by atoms with Gasteiger partial charge in [0.2, 0.25) is 0 Å². The smallest absolute Gasteiger partial charge is 0.422 e. The Morgan fingerprint density at radius 3 is 2.26 bits per heavy atom. The number of rotatable bonds is 12. The van der Waals surface area contributed by atoms with Crippen LogP contribution in [-0.2, 0) is 6.42 Å². The summed E-state index contributed by atoms with van der Waals surface area (Å²) >= 11 is 0. The van der Waals surface area contributed by atoms with Crippen molar-refractivity contribution >= 4 is 8.80 Å². The molecule has 0 bridgehead atoms. The molecule has 34 heavy (non-hydrogen) atoms. The monoisotopic (exact) mass is 500 g/mol. The maximum absolute atomic E-state index is 14.0. The third-order valence-electron chi connectivity index (χ3n) is 8.38. The van der Waals surface area contributed by atoms with Crippen LogP contribution >= 0.6 is 0 Å². The van der Waals surface area contributed by atoms with Crippen LogP contribution in [0.5, 0.6) is 5.75 Å². The van der Waals surface area contributed by atoms with Crippen LogP contribution in [0.1, 0.15) is 89.5 Å². The van der Waals surface area contributed by atoms with Crippen molar-refractivity contribution in [1.29, 1.82) is 0 Å². The minimum absolute atomic E-state index is 0.329. The predicted molar refractivity (Wildman–Crippen MR) is 135 cm³/mol. The summed E-state index contributed by atoms with van der Waals surface area (Å²) in [6.07, 6.45) is 12.6. The van der Waals surface area contributed by atoms with Gasteiger partial charge in [-0.1, -0.05) is 88.9 Å². The van der Waals surface area contributed by atoms with Crippen molar-refractivity contribution in [2.75, 3.05) is 6.61 Å². The van der Waals surface area contributed by atoms with E-state index in [0.29, 0.717) is 0 Å². The largest absolute Gasteiger partial charge is 0.481 e. The third kappa shape index (κ3) is 9.54. The second kappa shape index (κ2) is 13.9. The maximum atomic E-state index is 14.0. The van der Waals surface area contributed by atoms with Crippen LogP contribution in [0, 0.1) is 23.6 Å². The minimum Gasteiger partial charge on any atom is -0.481 e. The van der Waals surface area contributed by atoms with Crippen molar-refractivity contribution in [3.8, 4) is 5.75 Å². The first-order chi connectivity index (χ1) is 16.3. The summed E-state index contributed by atoms with van der Waals surface area (Å²) in [5.74, 6) is 1.78. The molecule has 1 heterocycles. The quantitative estimate of drug-likeness (QED) is 0.158. The van der Waals surface area contributed by atoms with Crippen LogP contribution in [0.2, 0.25) is 18.1 Å². The first-order valence-electron chi connectivity index (χ1n) is 13.8. The molecule has 1 aromatic rings. The molecule has 1 aromatic carbocycles. The third-order valence-corrected chi connectivity index (χ3v) is 11.9. The molecule has 0 aromatic heterocycles. The zero-order valence-corrected chi connectivity index (χ0v) is 22.1. The molecule has 1 aliphatic heterocycles. The molecule has 0 amide bonds. The SMILES string of the molecule is CCCCC[Si@H]1CC[C@H]([C@H]2CC[C@H](CCCCc3ccc(OCC(F)(F)F)c(F)c3)CC2)CC1. The molecule has 2 fully saturated rings. The van der Waals surface area contributed by atoms with Gasteiger partial charge in [0.05, 0.1) is 0 Å². The minimum atomic E-state index is -4.46. The molecule has 0 spiro atoms. The molecule has 2 aliphatic rings. The fourth-order valence-corrected chi connectivity index (χ4v) is 9.85. The number of alkyl halides is 3. The van der Waals surface area contributed by atoms with Gasteiger partial charge in [0, 0.05) is 8.80 Å². The van der Waals surface area contributed by atoms with Crippen LogP contribution in [-0.4, -0.2) is 21.6 Å². The lowest BCUT2D eigenvalue weighted by atomic mass is 9.73. The fraction of sp³-hybridized carbons (Fsp3) is 0.786. The van der Waals surface area contributed by atoms with E-state index in [0.717, 1.165) is 42.6 Å². The molecule has 0 unspecified atom stereocenters. The Morgan fingerprint density at radius 2 is 1.62 bits per heavy atom. The maximum Gasteiger partial charge on any atom is 0.422 e. The zero-order chi connectivity index (χ0) is 24.4. The highest BCUT2D eigenvalue weighted by molar-refractivity contribution is 6.58. The second-order valence-corrected chi connectivity index (χ2v) is 14.4. The standard InChI is InChI=1S/C28H44F4OSi/c1-2-3-6-17-34-18-15-25(16-19-34)24-12-9-22(10-13-24)7-4-5-8-23-11-14-27(26(29)20-23)33-21-28(30,31)32/h11,14,20,22,24-25,34H,2-10,12-13,15-19,21H2,1H3/t22-,24-,25-,34-. The summed E-state index contributed by atoms with van der Waals surface area (Å²) in [5, 5.41) is 0. The van der Waals surface area contributed by atoms with Crippen molar-refractivity contribution < 1.29 is 22.3 Å². The molecule has 0 N–H and O–H groups in total. The van der Waals surface area contributed by atoms with Crippen LogP contribution in [0.3, 0.4) is 0 Å². The van der Waals surface area contributed by atoms with Gasteiger partial charge in [-0.05, 0) is 61.1 Å². The van der Waals surface area contributed by atoms with Crippen molar-refractivity contribution in [2.24, 2.45) is 17.8 Å². The Bertz CT molecular complexity index is 707. The topological polar surface area (TPSA) is 9.23 Å². The van der Waals surface area contributed by atoms with Crippen LogP contribution < -0.4 is 4.74 Å². The van der Waals surface area contributed by atoms with E-state index in [1.54, 1.807) is 24.2 Å². The number of aryl methyl sites for hydroxylation is 1. The van der Waals surface area contributed by atoms with Crippen molar-refractivity contribution in [3.63, 3.8) is 0 Å². The normalized spacial score (nSPS) is 25.9. The van der Waals surface area contributed by atoms with Crippen molar-refractivity contribution in [2.45, 2.75) is 115 Å². The summed E-state index contributed by atoms with van der Waals surface area (Å²) < 4.78 is 55.3. The number of hydrogen-bond donors (Lipinski definition) is 0. The van der Waals surface area contributed by atoms with E-state index < -0.39 is 27.4 Å². The number of halogens is 4. The molecule has 6 heteroatoms. The van der Waals surface area contributed by atoms with E-state index in [1.165, 1.54) is 76.3 Å². The highest BCUT2D eigenvalue weighted by Crippen LogP contribution is 2.42. The zero-order valence-electron chi connectivity index (χ0n) is 21.0. The summed E-state index contributed by atoms with van der Waals surface area (Å²) in [7, 11) is -0.401. The Balaban J connectivity index is 1.27. The summed E-state index contributed by atoms with van der Waals surface area (Å²) in [6.45, 7) is 0.839. The molecule has 1 aliphatic carbocycles. The average Bonchev–Trinajstić information content (AvgIpc) is 2.82. The molecule has 1 nitrogen and oxygen atoms in total. The van der Waals surface area contributed by atoms with Gasteiger partial charge in [0.15, 0.2) is 18.2 Å². The molecule has 1 saturated heterocycles. The van der Waals surface area contributed by atoms with Gasteiger partial charge in [-0.3, -0.25) is 0 Å². The van der Waals surface area contributed by atoms with Crippen LogP contribution in [0.25, 0.3) is 0 Å². The van der Waals surface area contributed by atoms with Gasteiger partial charge in [-0.2, -0.15) is 13.2 Å². The lowest BCUT2D eigenvalue weighted by Gasteiger charge is -2.37. The molecular weight excluding hydrogens is 456 g/mol.